The molecule has 0 saturated heterocycles. The van der Waals surface area contributed by atoms with E-state index in [4.69, 9.17) is 0 Å². The minimum Gasteiger partial charge on any atom is -0.393 e. The molecule has 0 aliphatic heterocycles. The minimum atomic E-state index is -0.574. The van der Waals surface area contributed by atoms with E-state index in [1.54, 1.807) is 5.57 Å². The zero-order valence-electron chi connectivity index (χ0n) is 20.7. The van der Waals surface area contributed by atoms with E-state index >= 15 is 0 Å². The van der Waals surface area contributed by atoms with E-state index in [1.165, 1.54) is 24.8 Å². The van der Waals surface area contributed by atoms with Gasteiger partial charge in [0, 0.05) is 11.8 Å². The number of fused-ring (bicyclic) bond motifs is 5. The van der Waals surface area contributed by atoms with Crippen molar-refractivity contribution in [2.24, 2.45) is 40.4 Å². The maximum absolute atomic E-state index is 11.1. The predicted octanol–water partition coefficient (Wildman–Crippen LogP) is 5.64. The van der Waals surface area contributed by atoms with Gasteiger partial charge in [0.2, 0.25) is 0 Å². The van der Waals surface area contributed by atoms with E-state index in [1.807, 2.05) is 13.8 Å². The van der Waals surface area contributed by atoms with Crippen LogP contribution in [-0.4, -0.2) is 33.1 Å². The van der Waals surface area contributed by atoms with Crippen LogP contribution in [-0.2, 0) is 0 Å². The van der Waals surface area contributed by atoms with Crippen LogP contribution < -0.4 is 0 Å². The summed E-state index contributed by atoms with van der Waals surface area (Å²) in [6.07, 6.45) is 11.9. The average Bonchev–Trinajstić information content (AvgIpc) is 3.03. The molecule has 31 heavy (non-hydrogen) atoms. The Balaban J connectivity index is 1.56. The number of hydrogen-bond acceptors (Lipinski definition) is 3. The number of aliphatic hydroxyl groups excluding tert-OH is 2. The normalized spacial score (nSPS) is 44.5. The lowest BCUT2D eigenvalue weighted by molar-refractivity contribution is -0.0554. The molecule has 0 spiro atoms. The van der Waals surface area contributed by atoms with Crippen LogP contribution in [0, 0.1) is 40.4 Å². The molecule has 3 heteroatoms. The molecule has 4 aliphatic rings. The average molecular weight is 431 g/mol. The third-order valence-electron chi connectivity index (χ3n) is 10.5. The molecule has 3 N–H and O–H groups in total. The number of rotatable bonds is 5. The highest BCUT2D eigenvalue weighted by atomic mass is 16.3. The molecule has 3 saturated carbocycles. The maximum Gasteiger partial charge on any atom is 0.0661 e. The molecule has 176 valence electrons. The van der Waals surface area contributed by atoms with E-state index in [-0.39, 0.29) is 5.41 Å². The summed E-state index contributed by atoms with van der Waals surface area (Å²) in [6.45, 7) is 13.5. The lowest BCUT2D eigenvalue weighted by Gasteiger charge is -2.56. The Kier molecular flexibility index (Phi) is 6.06. The van der Waals surface area contributed by atoms with Crippen LogP contribution in [0.3, 0.4) is 0 Å². The molecule has 0 heterocycles. The van der Waals surface area contributed by atoms with Gasteiger partial charge in [0.05, 0.1) is 17.8 Å². The van der Waals surface area contributed by atoms with Gasteiger partial charge in [0.1, 0.15) is 0 Å². The summed E-state index contributed by atoms with van der Waals surface area (Å²) in [5.74, 6) is 3.06. The van der Waals surface area contributed by atoms with E-state index < -0.39 is 17.8 Å². The molecule has 0 aromatic carbocycles. The Hall–Kier alpha value is -0.640. The Labute approximate surface area is 190 Å². The third-order valence-corrected chi connectivity index (χ3v) is 10.5. The topological polar surface area (TPSA) is 60.7 Å². The largest absolute Gasteiger partial charge is 0.393 e. The summed E-state index contributed by atoms with van der Waals surface area (Å²) in [7, 11) is 0. The van der Waals surface area contributed by atoms with Crippen LogP contribution in [0.2, 0.25) is 0 Å². The van der Waals surface area contributed by atoms with Gasteiger partial charge in [-0.3, -0.25) is 0 Å². The first-order valence-electron chi connectivity index (χ1n) is 12.9. The van der Waals surface area contributed by atoms with Crippen molar-refractivity contribution >= 4 is 0 Å². The van der Waals surface area contributed by atoms with E-state index in [0.29, 0.717) is 41.9 Å². The van der Waals surface area contributed by atoms with Crippen molar-refractivity contribution in [1.82, 2.24) is 0 Å². The van der Waals surface area contributed by atoms with Gasteiger partial charge in [-0.05, 0) is 93.8 Å². The fourth-order valence-corrected chi connectivity index (χ4v) is 8.19. The lowest BCUT2D eigenvalue weighted by Crippen LogP contribution is -2.52. The second kappa shape index (κ2) is 7.99. The van der Waals surface area contributed by atoms with Crippen molar-refractivity contribution in [2.75, 3.05) is 0 Å². The molecular weight excluding hydrogens is 384 g/mol. The number of allylic oxidation sites excluding steroid dienone is 3. The monoisotopic (exact) mass is 430 g/mol. The van der Waals surface area contributed by atoms with Crippen molar-refractivity contribution in [3.8, 4) is 0 Å². The van der Waals surface area contributed by atoms with Gasteiger partial charge in [-0.15, -0.1) is 0 Å². The van der Waals surface area contributed by atoms with Crippen LogP contribution in [0.1, 0.15) is 92.9 Å². The van der Waals surface area contributed by atoms with Crippen LogP contribution in [0.25, 0.3) is 0 Å². The van der Waals surface area contributed by atoms with Crippen LogP contribution >= 0.6 is 0 Å². The first kappa shape index (κ1) is 23.5. The quantitative estimate of drug-likeness (QED) is 0.529. The van der Waals surface area contributed by atoms with E-state index in [0.717, 1.165) is 25.2 Å². The standard InChI is InChI=1S/C28H46O3/c1-17(11-13-26(3,4)31)18(2)22-9-10-23-21-8-7-19-15-20(29)16-25(30)28(19,6)24(21)12-14-27(22,23)5/h7-8,17-18,20,22-25,29-31H,9-16H2,1-6H3/t17-,18+,20-,22-,23+,24+,25+,27-,28+/m1/s1. The van der Waals surface area contributed by atoms with Gasteiger partial charge >= 0.3 is 0 Å². The number of hydrogen-bond donors (Lipinski definition) is 3. The summed E-state index contributed by atoms with van der Waals surface area (Å²) in [4.78, 5) is 0. The number of aliphatic hydroxyl groups is 3. The van der Waals surface area contributed by atoms with Crippen molar-refractivity contribution in [2.45, 2.75) is 111 Å². The molecular formula is C28H46O3. The summed E-state index contributed by atoms with van der Waals surface area (Å²) in [5.41, 5.74) is 2.42. The van der Waals surface area contributed by atoms with Gasteiger partial charge in [0.15, 0.2) is 0 Å². The molecule has 3 nitrogen and oxygen atoms in total. The SMILES string of the molecule is C[C@@H]([C@H](C)CCC(C)(C)O)[C@H]1CC[C@H]2C3=CC=C4C[C@@H](O)C[C@H](O)[C@]4(C)[C@H]3CC[C@]12C. The third kappa shape index (κ3) is 3.87. The fraction of sp³-hybridized carbons (Fsp3) is 0.857. The van der Waals surface area contributed by atoms with Gasteiger partial charge in [0.25, 0.3) is 0 Å². The summed E-state index contributed by atoms with van der Waals surface area (Å²) in [5, 5.41) is 31.5. The van der Waals surface area contributed by atoms with Crippen molar-refractivity contribution < 1.29 is 15.3 Å². The van der Waals surface area contributed by atoms with Crippen molar-refractivity contribution in [3.05, 3.63) is 23.3 Å². The molecule has 0 amide bonds. The first-order chi connectivity index (χ1) is 14.4. The molecule has 4 rings (SSSR count). The summed E-state index contributed by atoms with van der Waals surface area (Å²) >= 11 is 0. The van der Waals surface area contributed by atoms with Gasteiger partial charge in [-0.2, -0.15) is 0 Å². The Bertz CT molecular complexity index is 746. The fourth-order valence-electron chi connectivity index (χ4n) is 8.19. The summed E-state index contributed by atoms with van der Waals surface area (Å²) < 4.78 is 0. The van der Waals surface area contributed by atoms with Crippen molar-refractivity contribution in [1.29, 1.82) is 0 Å². The zero-order valence-corrected chi connectivity index (χ0v) is 20.7. The Morgan fingerprint density at radius 3 is 2.45 bits per heavy atom. The summed E-state index contributed by atoms with van der Waals surface area (Å²) in [6, 6.07) is 0. The molecule has 9 atom stereocenters. The molecule has 0 bridgehead atoms. The van der Waals surface area contributed by atoms with Crippen molar-refractivity contribution in [3.63, 3.8) is 0 Å². The van der Waals surface area contributed by atoms with Gasteiger partial charge in [-0.25, -0.2) is 0 Å². The molecule has 0 unspecified atom stereocenters. The molecule has 4 aliphatic carbocycles. The maximum atomic E-state index is 11.1. The van der Waals surface area contributed by atoms with Gasteiger partial charge < -0.3 is 15.3 Å². The molecule has 0 aromatic heterocycles. The highest BCUT2D eigenvalue weighted by molar-refractivity contribution is 5.40. The van der Waals surface area contributed by atoms with Crippen LogP contribution in [0.5, 0.6) is 0 Å². The smallest absolute Gasteiger partial charge is 0.0661 e. The lowest BCUT2D eigenvalue weighted by atomic mass is 9.49. The predicted molar refractivity (Wildman–Crippen MR) is 126 cm³/mol. The van der Waals surface area contributed by atoms with E-state index in [9.17, 15) is 15.3 Å². The zero-order chi connectivity index (χ0) is 22.8. The first-order valence-corrected chi connectivity index (χ1v) is 12.9. The van der Waals surface area contributed by atoms with E-state index in [2.05, 4.69) is 39.8 Å². The van der Waals surface area contributed by atoms with Crippen LogP contribution in [0.15, 0.2) is 23.3 Å². The molecule has 0 aromatic rings. The molecule has 0 radical (unpaired) electrons. The van der Waals surface area contributed by atoms with Gasteiger partial charge in [-0.1, -0.05) is 51.0 Å². The highest BCUT2D eigenvalue weighted by Gasteiger charge is 2.59. The second-order valence-corrected chi connectivity index (χ2v) is 12.8. The Morgan fingerprint density at radius 1 is 1.06 bits per heavy atom. The second-order valence-electron chi connectivity index (χ2n) is 12.8. The highest BCUT2D eigenvalue weighted by Crippen LogP contribution is 2.66. The molecule has 3 fully saturated rings. The minimum absolute atomic E-state index is 0.200. The van der Waals surface area contributed by atoms with Crippen LogP contribution in [0.4, 0.5) is 0 Å². The Morgan fingerprint density at radius 2 is 1.77 bits per heavy atom.